The van der Waals surface area contributed by atoms with Crippen molar-refractivity contribution in [2.45, 2.75) is 12.1 Å². The maximum absolute atomic E-state index is 13.2. The molecule has 1 amide bonds. The van der Waals surface area contributed by atoms with Crippen molar-refractivity contribution in [3.8, 4) is 5.69 Å². The number of para-hydroxylation sites is 1. The molecule has 0 atom stereocenters. The van der Waals surface area contributed by atoms with E-state index >= 15 is 0 Å². The number of hydrogen-bond acceptors (Lipinski definition) is 5. The normalized spacial score (nSPS) is 10.7. The molecule has 2 aromatic carbocycles. The summed E-state index contributed by atoms with van der Waals surface area (Å²) in [4.78, 5) is 12.0. The van der Waals surface area contributed by atoms with Crippen LogP contribution in [-0.2, 0) is 4.79 Å². The molecule has 0 bridgehead atoms. The van der Waals surface area contributed by atoms with Crippen LogP contribution in [0.4, 0.5) is 14.5 Å². The van der Waals surface area contributed by atoms with Gasteiger partial charge in [0.1, 0.15) is 0 Å². The van der Waals surface area contributed by atoms with Crippen molar-refractivity contribution in [2.75, 3.05) is 11.1 Å². The third-order valence-electron chi connectivity index (χ3n) is 3.32. The van der Waals surface area contributed by atoms with Crippen molar-refractivity contribution >= 4 is 23.4 Å². The number of halogens is 2. The first-order valence-electron chi connectivity index (χ1n) is 7.26. The molecular formula is C16H13F2N5OS. The average molecular weight is 361 g/mol. The fraction of sp³-hybridized carbons (Fsp3) is 0.125. The molecule has 25 heavy (non-hydrogen) atoms. The monoisotopic (exact) mass is 361 g/mol. The maximum atomic E-state index is 13.2. The van der Waals surface area contributed by atoms with Gasteiger partial charge in [-0.25, -0.2) is 8.78 Å². The zero-order valence-corrected chi connectivity index (χ0v) is 13.9. The third kappa shape index (κ3) is 4.00. The Hall–Kier alpha value is -2.81. The number of benzene rings is 2. The Bertz CT molecular complexity index is 915. The summed E-state index contributed by atoms with van der Waals surface area (Å²) in [5.74, 6) is -2.35. The second-order valence-corrected chi connectivity index (χ2v) is 6.07. The van der Waals surface area contributed by atoms with Gasteiger partial charge in [0.05, 0.1) is 11.4 Å². The van der Waals surface area contributed by atoms with Crippen LogP contribution in [0.3, 0.4) is 0 Å². The number of tetrazole rings is 1. The molecule has 3 aromatic rings. The second kappa shape index (κ2) is 7.39. The molecule has 0 fully saturated rings. The molecule has 9 heteroatoms. The van der Waals surface area contributed by atoms with E-state index < -0.39 is 11.6 Å². The van der Waals surface area contributed by atoms with Crippen LogP contribution >= 0.6 is 11.8 Å². The van der Waals surface area contributed by atoms with E-state index in [2.05, 4.69) is 20.8 Å². The van der Waals surface area contributed by atoms with Crippen LogP contribution in [-0.4, -0.2) is 31.9 Å². The predicted molar refractivity (Wildman–Crippen MR) is 89.6 cm³/mol. The molecule has 0 aliphatic carbocycles. The molecule has 1 aromatic heterocycles. The number of carbonyl (C=O) groups is 1. The van der Waals surface area contributed by atoms with Crippen molar-refractivity contribution in [1.82, 2.24) is 20.2 Å². The molecule has 0 saturated carbocycles. The van der Waals surface area contributed by atoms with Gasteiger partial charge in [0.2, 0.25) is 11.1 Å². The van der Waals surface area contributed by atoms with Crippen LogP contribution in [0.5, 0.6) is 0 Å². The summed E-state index contributed by atoms with van der Waals surface area (Å²) >= 11 is 1.14. The number of nitrogens with one attached hydrogen (secondary N) is 1. The summed E-state index contributed by atoms with van der Waals surface area (Å²) < 4.78 is 27.6. The molecule has 1 N–H and O–H groups in total. The molecule has 1 heterocycles. The lowest BCUT2D eigenvalue weighted by Crippen LogP contribution is -2.15. The van der Waals surface area contributed by atoms with Crippen LogP contribution in [0.2, 0.25) is 0 Å². The van der Waals surface area contributed by atoms with E-state index in [0.29, 0.717) is 5.16 Å². The first kappa shape index (κ1) is 17.0. The van der Waals surface area contributed by atoms with Gasteiger partial charge in [0.25, 0.3) is 0 Å². The van der Waals surface area contributed by atoms with E-state index in [1.54, 1.807) is 4.68 Å². The average Bonchev–Trinajstić information content (AvgIpc) is 3.05. The molecule has 0 spiro atoms. The summed E-state index contributed by atoms with van der Waals surface area (Å²) in [5.41, 5.74) is 1.99. The van der Waals surface area contributed by atoms with E-state index in [0.717, 1.165) is 35.1 Å². The Morgan fingerprint density at radius 2 is 2.00 bits per heavy atom. The van der Waals surface area contributed by atoms with Crippen LogP contribution < -0.4 is 5.32 Å². The molecule has 0 saturated heterocycles. The van der Waals surface area contributed by atoms with E-state index in [1.807, 2.05) is 31.2 Å². The van der Waals surface area contributed by atoms with Gasteiger partial charge in [0.15, 0.2) is 11.6 Å². The van der Waals surface area contributed by atoms with Gasteiger partial charge in [-0.1, -0.05) is 30.0 Å². The van der Waals surface area contributed by atoms with Crippen LogP contribution in [0.1, 0.15) is 5.56 Å². The van der Waals surface area contributed by atoms with E-state index in [9.17, 15) is 13.6 Å². The SMILES string of the molecule is Cc1ccccc1-n1nnnc1SCC(=O)Nc1ccc(F)c(F)c1. The largest absolute Gasteiger partial charge is 0.325 e. The number of nitrogens with zero attached hydrogens (tertiary/aromatic N) is 4. The molecule has 3 rings (SSSR count). The Balaban J connectivity index is 1.66. The van der Waals surface area contributed by atoms with Gasteiger partial charge in [-0.3, -0.25) is 4.79 Å². The van der Waals surface area contributed by atoms with Gasteiger partial charge in [-0.2, -0.15) is 4.68 Å². The highest BCUT2D eigenvalue weighted by Gasteiger charge is 2.13. The Morgan fingerprint density at radius 3 is 2.76 bits per heavy atom. The van der Waals surface area contributed by atoms with E-state index in [4.69, 9.17) is 0 Å². The number of carbonyl (C=O) groups excluding carboxylic acids is 1. The highest BCUT2D eigenvalue weighted by atomic mass is 32.2. The van der Waals surface area contributed by atoms with E-state index in [-0.39, 0.29) is 17.3 Å². The molecular weight excluding hydrogens is 348 g/mol. The zero-order chi connectivity index (χ0) is 17.8. The smallest absolute Gasteiger partial charge is 0.234 e. The van der Waals surface area contributed by atoms with Gasteiger partial charge in [-0.15, -0.1) is 5.10 Å². The number of thioether (sulfide) groups is 1. The second-order valence-electron chi connectivity index (χ2n) is 5.13. The standard InChI is InChI=1S/C16H13F2N5OS/c1-10-4-2-3-5-14(10)23-16(20-21-22-23)25-9-15(24)19-11-6-7-12(17)13(18)8-11/h2-8H,9H2,1H3,(H,19,24). The van der Waals surface area contributed by atoms with Crippen molar-refractivity contribution in [1.29, 1.82) is 0 Å². The maximum Gasteiger partial charge on any atom is 0.234 e. The lowest BCUT2D eigenvalue weighted by molar-refractivity contribution is -0.113. The number of amides is 1. The number of hydrogen-bond donors (Lipinski definition) is 1. The van der Waals surface area contributed by atoms with Crippen LogP contribution in [0.25, 0.3) is 5.69 Å². The highest BCUT2D eigenvalue weighted by Crippen LogP contribution is 2.21. The lowest BCUT2D eigenvalue weighted by atomic mass is 10.2. The summed E-state index contributed by atoms with van der Waals surface area (Å²) in [6, 6.07) is 10.8. The molecule has 0 aliphatic heterocycles. The Kier molecular flexibility index (Phi) is 5.03. The van der Waals surface area contributed by atoms with E-state index in [1.165, 1.54) is 6.07 Å². The van der Waals surface area contributed by atoms with Gasteiger partial charge in [-0.05, 0) is 41.1 Å². The van der Waals surface area contributed by atoms with Crippen molar-refractivity contribution in [3.63, 3.8) is 0 Å². The minimum atomic E-state index is -1.02. The third-order valence-corrected chi connectivity index (χ3v) is 4.24. The number of aromatic nitrogens is 4. The predicted octanol–water partition coefficient (Wildman–Crippen LogP) is 2.98. The van der Waals surface area contributed by atoms with Crippen molar-refractivity contribution in [2.24, 2.45) is 0 Å². The topological polar surface area (TPSA) is 72.7 Å². The fourth-order valence-corrected chi connectivity index (χ4v) is 2.81. The molecule has 0 unspecified atom stereocenters. The quantitative estimate of drug-likeness (QED) is 0.708. The molecule has 0 aliphatic rings. The number of aryl methyl sites for hydroxylation is 1. The number of anilines is 1. The summed E-state index contributed by atoms with van der Waals surface area (Å²) in [6.07, 6.45) is 0. The number of rotatable bonds is 5. The fourth-order valence-electron chi connectivity index (χ4n) is 2.12. The Labute approximate surface area is 146 Å². The van der Waals surface area contributed by atoms with Crippen LogP contribution in [0, 0.1) is 18.6 Å². The molecule has 0 radical (unpaired) electrons. The van der Waals surface area contributed by atoms with Crippen LogP contribution in [0.15, 0.2) is 47.6 Å². The van der Waals surface area contributed by atoms with Gasteiger partial charge >= 0.3 is 0 Å². The van der Waals surface area contributed by atoms with Crippen molar-refractivity contribution < 1.29 is 13.6 Å². The first-order valence-corrected chi connectivity index (χ1v) is 8.25. The zero-order valence-electron chi connectivity index (χ0n) is 13.1. The summed E-state index contributed by atoms with van der Waals surface area (Å²) in [5, 5.41) is 14.5. The first-order chi connectivity index (χ1) is 12.0. The summed E-state index contributed by atoms with van der Waals surface area (Å²) in [7, 11) is 0. The Morgan fingerprint density at radius 1 is 1.20 bits per heavy atom. The van der Waals surface area contributed by atoms with Crippen molar-refractivity contribution in [3.05, 3.63) is 59.7 Å². The summed E-state index contributed by atoms with van der Waals surface area (Å²) in [6.45, 7) is 1.93. The lowest BCUT2D eigenvalue weighted by Gasteiger charge is -2.07. The minimum absolute atomic E-state index is 0.0191. The minimum Gasteiger partial charge on any atom is -0.325 e. The van der Waals surface area contributed by atoms with Gasteiger partial charge in [0, 0.05) is 11.8 Å². The molecule has 128 valence electrons. The molecule has 6 nitrogen and oxygen atoms in total. The highest BCUT2D eigenvalue weighted by molar-refractivity contribution is 7.99. The van der Waals surface area contributed by atoms with Gasteiger partial charge < -0.3 is 5.32 Å².